The Morgan fingerprint density at radius 2 is 0.936 bits per heavy atom. The summed E-state index contributed by atoms with van der Waals surface area (Å²) in [5.41, 5.74) is -1.24. The maximum absolute atomic E-state index is 13.2. The Kier molecular flexibility index (Phi) is 22.7. The van der Waals surface area contributed by atoms with Gasteiger partial charge in [0.1, 0.15) is 31.8 Å². The van der Waals surface area contributed by atoms with Crippen molar-refractivity contribution in [2.75, 3.05) is 66.2 Å². The summed E-state index contributed by atoms with van der Waals surface area (Å²) in [7, 11) is 2.09. The van der Waals surface area contributed by atoms with Crippen LogP contribution in [0.3, 0.4) is 0 Å². The van der Waals surface area contributed by atoms with E-state index in [-0.39, 0.29) is 68.5 Å². The molecule has 0 aliphatic carbocycles. The zero-order chi connectivity index (χ0) is 35.1. The van der Waals surface area contributed by atoms with Crippen molar-refractivity contribution in [1.29, 1.82) is 0 Å². The summed E-state index contributed by atoms with van der Waals surface area (Å²) in [5.74, 6) is -2.20. The Morgan fingerprint density at radius 3 is 1.28 bits per heavy atom. The average Bonchev–Trinajstić information content (AvgIpc) is 3.08. The minimum absolute atomic E-state index is 0.196. The van der Waals surface area contributed by atoms with Gasteiger partial charge in [-0.05, 0) is 45.6 Å². The lowest BCUT2D eigenvalue weighted by Crippen LogP contribution is -2.46. The van der Waals surface area contributed by atoms with Crippen molar-refractivity contribution in [3.05, 3.63) is 0 Å². The van der Waals surface area contributed by atoms with Crippen LogP contribution in [-0.2, 0) is 38.1 Å². The first-order valence-corrected chi connectivity index (χ1v) is 18.6. The number of hydrogen-bond acceptors (Lipinski definition) is 10. The minimum atomic E-state index is -1.24. The SMILES string of the molecule is CCCCC(CC)C(=O)OCC(COC(=O)CCN1CCN(C)CC1)(COC(=O)C(CC)CCCC)COC(=O)C(CC)CCCC. The van der Waals surface area contributed by atoms with E-state index in [0.29, 0.717) is 25.8 Å². The molecule has 0 aromatic carbocycles. The molecule has 0 bridgehead atoms. The summed E-state index contributed by atoms with van der Waals surface area (Å²) in [6, 6.07) is 0. The molecule has 47 heavy (non-hydrogen) atoms. The number of rotatable bonds is 26. The van der Waals surface area contributed by atoms with Crippen molar-refractivity contribution in [2.45, 2.75) is 125 Å². The molecule has 1 aliphatic rings. The Labute approximate surface area is 285 Å². The van der Waals surface area contributed by atoms with E-state index in [2.05, 4.69) is 37.6 Å². The van der Waals surface area contributed by atoms with E-state index >= 15 is 0 Å². The molecule has 0 radical (unpaired) electrons. The minimum Gasteiger partial charge on any atom is -0.465 e. The van der Waals surface area contributed by atoms with E-state index in [9.17, 15) is 19.2 Å². The van der Waals surface area contributed by atoms with Crippen LogP contribution in [0.25, 0.3) is 0 Å². The van der Waals surface area contributed by atoms with Crippen LogP contribution in [0, 0.1) is 23.2 Å². The molecule has 0 aromatic heterocycles. The molecule has 1 fully saturated rings. The highest BCUT2D eigenvalue weighted by Crippen LogP contribution is 2.26. The van der Waals surface area contributed by atoms with Crippen molar-refractivity contribution in [1.82, 2.24) is 9.80 Å². The van der Waals surface area contributed by atoms with E-state index in [0.717, 1.165) is 84.0 Å². The van der Waals surface area contributed by atoms with Crippen molar-refractivity contribution < 1.29 is 38.1 Å². The fourth-order valence-corrected chi connectivity index (χ4v) is 5.72. The van der Waals surface area contributed by atoms with Crippen LogP contribution in [0.2, 0.25) is 0 Å². The van der Waals surface area contributed by atoms with Crippen LogP contribution < -0.4 is 0 Å². The summed E-state index contributed by atoms with van der Waals surface area (Å²) >= 11 is 0. The summed E-state index contributed by atoms with van der Waals surface area (Å²) < 4.78 is 23.5. The quantitative estimate of drug-likeness (QED) is 0.0755. The maximum Gasteiger partial charge on any atom is 0.308 e. The van der Waals surface area contributed by atoms with E-state index in [1.807, 2.05) is 20.8 Å². The van der Waals surface area contributed by atoms with Gasteiger partial charge in [-0.3, -0.25) is 19.2 Å². The van der Waals surface area contributed by atoms with Crippen molar-refractivity contribution in [3.8, 4) is 0 Å². The van der Waals surface area contributed by atoms with Crippen molar-refractivity contribution in [2.24, 2.45) is 23.2 Å². The third-order valence-electron chi connectivity index (χ3n) is 9.53. The zero-order valence-corrected chi connectivity index (χ0v) is 30.9. The predicted molar refractivity (Wildman–Crippen MR) is 185 cm³/mol. The summed E-state index contributed by atoms with van der Waals surface area (Å²) in [5, 5.41) is 0. The number of ether oxygens (including phenoxy) is 4. The monoisotopic (exact) mass is 668 g/mol. The third-order valence-corrected chi connectivity index (χ3v) is 9.53. The van der Waals surface area contributed by atoms with Gasteiger partial charge in [0.25, 0.3) is 0 Å². The highest BCUT2D eigenvalue weighted by Gasteiger charge is 2.39. The first-order valence-electron chi connectivity index (χ1n) is 18.6. The molecule has 274 valence electrons. The van der Waals surface area contributed by atoms with Gasteiger partial charge in [0.2, 0.25) is 0 Å². The number of hydrogen-bond donors (Lipinski definition) is 0. The number of nitrogens with zero attached hydrogens (tertiary/aromatic N) is 2. The molecule has 3 unspecified atom stereocenters. The van der Waals surface area contributed by atoms with Crippen LogP contribution in [0.5, 0.6) is 0 Å². The lowest BCUT2D eigenvalue weighted by atomic mass is 9.91. The van der Waals surface area contributed by atoms with Crippen LogP contribution in [-0.4, -0.2) is 99.9 Å². The molecule has 0 saturated carbocycles. The maximum atomic E-state index is 13.2. The van der Waals surface area contributed by atoms with Gasteiger partial charge in [-0.1, -0.05) is 80.1 Å². The molecule has 1 aliphatic heterocycles. The number of carbonyl (C=O) groups excluding carboxylic acids is 4. The molecule has 3 atom stereocenters. The van der Waals surface area contributed by atoms with Gasteiger partial charge in [-0.2, -0.15) is 0 Å². The van der Waals surface area contributed by atoms with Gasteiger partial charge in [-0.25, -0.2) is 0 Å². The van der Waals surface area contributed by atoms with Gasteiger partial charge in [0, 0.05) is 32.7 Å². The molecule has 10 nitrogen and oxygen atoms in total. The summed E-state index contributed by atoms with van der Waals surface area (Å²) in [4.78, 5) is 57.2. The first kappa shape index (κ1) is 42.8. The number of esters is 4. The van der Waals surface area contributed by atoms with Gasteiger partial charge in [0.15, 0.2) is 0 Å². The Balaban J connectivity index is 3.22. The second kappa shape index (κ2) is 24.9. The molecule has 1 rings (SSSR count). The second-order valence-electron chi connectivity index (χ2n) is 13.6. The molecule has 0 amide bonds. The Morgan fingerprint density at radius 1 is 0.574 bits per heavy atom. The number of likely N-dealkylation sites (N-methyl/N-ethyl adjacent to an activating group) is 1. The van der Waals surface area contributed by atoms with Crippen LogP contribution in [0.1, 0.15) is 125 Å². The molecule has 0 aromatic rings. The topological polar surface area (TPSA) is 112 Å². The standard InChI is InChI=1S/C37H68N2O8/c1-8-14-17-30(11-4)34(41)45-27-37(28-46-35(42)31(12-5)18-15-9-2,29-47-36(43)32(13-6)19-16-10-3)26-44-33(40)20-21-39-24-22-38(7)23-25-39/h30-32H,8-29H2,1-7H3. The molecular weight excluding hydrogens is 600 g/mol. The van der Waals surface area contributed by atoms with E-state index < -0.39 is 11.4 Å². The highest BCUT2D eigenvalue weighted by atomic mass is 16.6. The molecule has 1 saturated heterocycles. The lowest BCUT2D eigenvalue weighted by Gasteiger charge is -2.33. The second-order valence-corrected chi connectivity index (χ2v) is 13.6. The lowest BCUT2D eigenvalue weighted by molar-refractivity contribution is -0.175. The van der Waals surface area contributed by atoms with E-state index in [1.54, 1.807) is 0 Å². The number of unbranched alkanes of at least 4 members (excludes halogenated alkanes) is 3. The average molecular weight is 669 g/mol. The predicted octanol–water partition coefficient (Wildman–Crippen LogP) is 6.43. The number of piperazine rings is 1. The largest absolute Gasteiger partial charge is 0.465 e. The van der Waals surface area contributed by atoms with Crippen molar-refractivity contribution >= 4 is 23.9 Å². The zero-order valence-electron chi connectivity index (χ0n) is 30.9. The highest BCUT2D eigenvalue weighted by molar-refractivity contribution is 5.74. The summed E-state index contributed by atoms with van der Waals surface area (Å²) in [6.07, 6.45) is 9.91. The Hall–Kier alpha value is -2.20. The molecule has 10 heteroatoms. The molecule has 0 spiro atoms. The number of carbonyl (C=O) groups is 4. The smallest absolute Gasteiger partial charge is 0.308 e. The fraction of sp³-hybridized carbons (Fsp3) is 0.892. The molecular formula is C37H68N2O8. The molecule has 0 N–H and O–H groups in total. The Bertz CT molecular complexity index is 811. The summed E-state index contributed by atoms with van der Waals surface area (Å²) in [6.45, 7) is 15.6. The van der Waals surface area contributed by atoms with Crippen molar-refractivity contribution in [3.63, 3.8) is 0 Å². The van der Waals surface area contributed by atoms with Gasteiger partial charge in [0.05, 0.1) is 24.2 Å². The molecule has 1 heterocycles. The van der Waals surface area contributed by atoms with E-state index in [1.165, 1.54) is 0 Å². The van der Waals surface area contributed by atoms with Gasteiger partial charge < -0.3 is 28.7 Å². The normalized spacial score (nSPS) is 17.3. The van der Waals surface area contributed by atoms with Gasteiger partial charge >= 0.3 is 23.9 Å². The van der Waals surface area contributed by atoms with Gasteiger partial charge in [-0.15, -0.1) is 0 Å². The fourth-order valence-electron chi connectivity index (χ4n) is 5.72. The van der Waals surface area contributed by atoms with Crippen LogP contribution >= 0.6 is 0 Å². The van der Waals surface area contributed by atoms with E-state index in [4.69, 9.17) is 18.9 Å². The first-order chi connectivity index (χ1) is 22.6. The van der Waals surface area contributed by atoms with Crippen LogP contribution in [0.15, 0.2) is 0 Å². The van der Waals surface area contributed by atoms with Crippen LogP contribution in [0.4, 0.5) is 0 Å². The third kappa shape index (κ3) is 17.2.